The Morgan fingerprint density at radius 3 is 2.41 bits per heavy atom. The van der Waals surface area contributed by atoms with Gasteiger partial charge in [0.25, 0.3) is 0 Å². The van der Waals surface area contributed by atoms with E-state index in [1.165, 1.54) is 38.5 Å². The molecule has 0 radical (unpaired) electrons. The number of nitrogens with one attached hydrogen (secondary N) is 1. The summed E-state index contributed by atoms with van der Waals surface area (Å²) in [6, 6.07) is 0.680. The molecule has 0 aliphatic carbocycles. The Hall–Kier alpha value is -0.0800. The van der Waals surface area contributed by atoms with Crippen LogP contribution in [0.15, 0.2) is 0 Å². The molecule has 0 rings (SSSR count). The fourth-order valence-electron chi connectivity index (χ4n) is 2.23. The summed E-state index contributed by atoms with van der Waals surface area (Å²) in [5.41, 5.74) is 6.04. The second kappa shape index (κ2) is 9.90. The van der Waals surface area contributed by atoms with Gasteiger partial charge >= 0.3 is 0 Å². The Morgan fingerprint density at radius 1 is 1.12 bits per heavy atom. The van der Waals surface area contributed by atoms with Crippen LogP contribution >= 0.6 is 0 Å². The molecule has 0 aliphatic rings. The van der Waals surface area contributed by atoms with Crippen molar-refractivity contribution in [2.75, 3.05) is 13.1 Å². The zero-order chi connectivity index (χ0) is 13.1. The Labute approximate surface area is 109 Å². The molecule has 3 N–H and O–H groups in total. The van der Waals surface area contributed by atoms with E-state index in [9.17, 15) is 0 Å². The van der Waals surface area contributed by atoms with Crippen LogP contribution in [0.3, 0.4) is 0 Å². The predicted octanol–water partition coefficient (Wildman–Crippen LogP) is 3.70. The second-order valence-electron chi connectivity index (χ2n) is 6.16. The topological polar surface area (TPSA) is 38.0 Å². The lowest BCUT2D eigenvalue weighted by Gasteiger charge is -2.24. The Balaban J connectivity index is 3.43. The van der Waals surface area contributed by atoms with Gasteiger partial charge < -0.3 is 11.1 Å². The van der Waals surface area contributed by atoms with Crippen LogP contribution in [0.4, 0.5) is 0 Å². The molecule has 17 heavy (non-hydrogen) atoms. The van der Waals surface area contributed by atoms with Crippen LogP contribution in [-0.4, -0.2) is 19.1 Å². The molecule has 0 spiro atoms. The maximum absolute atomic E-state index is 5.62. The summed E-state index contributed by atoms with van der Waals surface area (Å²) in [5, 5.41) is 3.62. The van der Waals surface area contributed by atoms with E-state index >= 15 is 0 Å². The van der Waals surface area contributed by atoms with E-state index in [0.29, 0.717) is 11.5 Å². The first-order chi connectivity index (χ1) is 8.02. The molecule has 0 bridgehead atoms. The van der Waals surface area contributed by atoms with E-state index in [1.807, 2.05) is 0 Å². The molecule has 0 aromatic rings. The summed E-state index contributed by atoms with van der Waals surface area (Å²) in [5.74, 6) is 0. The summed E-state index contributed by atoms with van der Waals surface area (Å²) >= 11 is 0. The zero-order valence-electron chi connectivity index (χ0n) is 12.5. The summed E-state index contributed by atoms with van der Waals surface area (Å²) in [6.07, 6.45) is 9.06. The highest BCUT2D eigenvalue weighted by molar-refractivity contribution is 4.70. The monoisotopic (exact) mass is 242 g/mol. The molecule has 0 amide bonds. The molecule has 2 heteroatoms. The third-order valence-corrected chi connectivity index (χ3v) is 3.58. The highest BCUT2D eigenvalue weighted by atomic mass is 14.9. The van der Waals surface area contributed by atoms with Gasteiger partial charge in [0.1, 0.15) is 0 Å². The molecular weight excluding hydrogens is 208 g/mol. The average Bonchev–Trinajstić information content (AvgIpc) is 2.25. The smallest absolute Gasteiger partial charge is 0.00387 e. The molecule has 0 saturated heterocycles. The number of unbranched alkanes of at least 4 members (excludes halogenated alkanes) is 2. The molecule has 0 fully saturated rings. The molecule has 0 heterocycles. The summed E-state index contributed by atoms with van der Waals surface area (Å²) in [4.78, 5) is 0. The molecule has 1 unspecified atom stereocenters. The standard InChI is InChI=1S/C15H34N2/c1-5-6-7-9-14(2)17-13-8-10-15(3,4)11-12-16/h14,17H,5-13,16H2,1-4H3. The molecule has 104 valence electrons. The highest BCUT2D eigenvalue weighted by Crippen LogP contribution is 2.25. The lowest BCUT2D eigenvalue weighted by atomic mass is 9.84. The van der Waals surface area contributed by atoms with Crippen molar-refractivity contribution < 1.29 is 0 Å². The lowest BCUT2D eigenvalue weighted by molar-refractivity contribution is 0.299. The molecule has 0 aliphatic heterocycles. The van der Waals surface area contributed by atoms with Crippen molar-refractivity contribution in [2.24, 2.45) is 11.1 Å². The first-order valence-electron chi connectivity index (χ1n) is 7.45. The Bertz CT molecular complexity index is 166. The van der Waals surface area contributed by atoms with Crippen molar-refractivity contribution in [3.05, 3.63) is 0 Å². The molecule has 1 atom stereocenters. The number of hydrogen-bond acceptors (Lipinski definition) is 2. The minimum atomic E-state index is 0.419. The molecule has 0 saturated carbocycles. The third kappa shape index (κ3) is 10.8. The van der Waals surface area contributed by atoms with Gasteiger partial charge in [-0.1, -0.05) is 40.0 Å². The van der Waals surface area contributed by atoms with Crippen LogP contribution in [0.25, 0.3) is 0 Å². The van der Waals surface area contributed by atoms with Gasteiger partial charge in [-0.15, -0.1) is 0 Å². The van der Waals surface area contributed by atoms with E-state index < -0.39 is 0 Å². The minimum Gasteiger partial charge on any atom is -0.330 e. The third-order valence-electron chi connectivity index (χ3n) is 3.58. The Kier molecular flexibility index (Phi) is 9.85. The normalized spacial score (nSPS) is 13.9. The summed E-state index contributed by atoms with van der Waals surface area (Å²) in [7, 11) is 0. The van der Waals surface area contributed by atoms with Crippen LogP contribution < -0.4 is 11.1 Å². The quantitative estimate of drug-likeness (QED) is 0.542. The van der Waals surface area contributed by atoms with Gasteiger partial charge in [0, 0.05) is 6.04 Å². The Morgan fingerprint density at radius 2 is 1.82 bits per heavy atom. The van der Waals surface area contributed by atoms with Crippen LogP contribution in [0, 0.1) is 5.41 Å². The van der Waals surface area contributed by atoms with Gasteiger partial charge in [-0.25, -0.2) is 0 Å². The average molecular weight is 242 g/mol. The van der Waals surface area contributed by atoms with Crippen LogP contribution in [0.5, 0.6) is 0 Å². The highest BCUT2D eigenvalue weighted by Gasteiger charge is 2.15. The van der Waals surface area contributed by atoms with Crippen molar-refractivity contribution in [1.82, 2.24) is 5.32 Å². The van der Waals surface area contributed by atoms with Crippen LogP contribution in [0.1, 0.15) is 72.6 Å². The van der Waals surface area contributed by atoms with Gasteiger partial charge in [0.15, 0.2) is 0 Å². The minimum absolute atomic E-state index is 0.419. The fourth-order valence-corrected chi connectivity index (χ4v) is 2.23. The first-order valence-corrected chi connectivity index (χ1v) is 7.45. The van der Waals surface area contributed by atoms with Crippen LogP contribution in [-0.2, 0) is 0 Å². The van der Waals surface area contributed by atoms with Crippen molar-refractivity contribution in [3.63, 3.8) is 0 Å². The largest absolute Gasteiger partial charge is 0.330 e. The number of nitrogens with two attached hydrogens (primary N) is 1. The first kappa shape index (κ1) is 16.9. The van der Waals surface area contributed by atoms with Crippen molar-refractivity contribution >= 4 is 0 Å². The SMILES string of the molecule is CCCCCC(C)NCCCC(C)(C)CCN. The summed E-state index contributed by atoms with van der Waals surface area (Å²) in [6.45, 7) is 11.2. The van der Waals surface area contributed by atoms with Gasteiger partial charge in [-0.3, -0.25) is 0 Å². The fraction of sp³-hybridized carbons (Fsp3) is 1.00. The van der Waals surface area contributed by atoms with Crippen molar-refractivity contribution in [1.29, 1.82) is 0 Å². The maximum atomic E-state index is 5.62. The predicted molar refractivity (Wildman–Crippen MR) is 78.3 cm³/mol. The number of rotatable bonds is 11. The molecular formula is C15H34N2. The molecule has 0 aromatic carbocycles. The second-order valence-corrected chi connectivity index (χ2v) is 6.16. The van der Waals surface area contributed by atoms with Gasteiger partial charge in [0.05, 0.1) is 0 Å². The van der Waals surface area contributed by atoms with E-state index in [2.05, 4.69) is 33.0 Å². The maximum Gasteiger partial charge on any atom is 0.00387 e. The van der Waals surface area contributed by atoms with E-state index in [4.69, 9.17) is 5.73 Å². The molecule has 0 aromatic heterocycles. The zero-order valence-corrected chi connectivity index (χ0v) is 12.5. The van der Waals surface area contributed by atoms with Crippen molar-refractivity contribution in [3.8, 4) is 0 Å². The van der Waals surface area contributed by atoms with Crippen LogP contribution in [0.2, 0.25) is 0 Å². The number of hydrogen-bond donors (Lipinski definition) is 2. The molecule has 2 nitrogen and oxygen atoms in total. The van der Waals surface area contributed by atoms with E-state index in [0.717, 1.165) is 19.5 Å². The lowest BCUT2D eigenvalue weighted by Crippen LogP contribution is -2.28. The van der Waals surface area contributed by atoms with Gasteiger partial charge in [-0.05, 0) is 51.1 Å². The van der Waals surface area contributed by atoms with Crippen molar-refractivity contribution in [2.45, 2.75) is 78.7 Å². The van der Waals surface area contributed by atoms with E-state index in [-0.39, 0.29) is 0 Å². The summed E-state index contributed by atoms with van der Waals surface area (Å²) < 4.78 is 0. The van der Waals surface area contributed by atoms with Gasteiger partial charge in [0.2, 0.25) is 0 Å². The van der Waals surface area contributed by atoms with Gasteiger partial charge in [-0.2, -0.15) is 0 Å². The van der Waals surface area contributed by atoms with E-state index in [1.54, 1.807) is 0 Å².